The van der Waals surface area contributed by atoms with Gasteiger partial charge >= 0.3 is 0 Å². The van der Waals surface area contributed by atoms with Crippen molar-refractivity contribution in [2.45, 2.75) is 13.2 Å². The first-order valence-corrected chi connectivity index (χ1v) is 14.1. The van der Waals surface area contributed by atoms with E-state index < -0.39 is 0 Å². The fraction of sp³-hybridized carbons (Fsp3) is 0.0526. The molecule has 0 radical (unpaired) electrons. The summed E-state index contributed by atoms with van der Waals surface area (Å²) in [6.45, 7) is 1.18. The molecule has 0 spiro atoms. The number of para-hydroxylation sites is 3. The van der Waals surface area contributed by atoms with Gasteiger partial charge in [-0.25, -0.2) is 0 Å². The van der Waals surface area contributed by atoms with E-state index in [2.05, 4.69) is 120 Å². The van der Waals surface area contributed by atoms with Gasteiger partial charge in [-0.1, -0.05) is 78.9 Å². The number of ether oxygens (including phenoxy) is 1. The Kier molecular flexibility index (Phi) is 4.80. The Morgan fingerprint density at radius 3 is 1.95 bits per heavy atom. The molecule has 3 heterocycles. The number of fused-ring (bicyclic) bond motifs is 9. The van der Waals surface area contributed by atoms with Crippen LogP contribution in [0.5, 0.6) is 0 Å². The molecule has 41 heavy (non-hydrogen) atoms. The lowest BCUT2D eigenvalue weighted by Crippen LogP contribution is -1.97. The SMILES string of the molecule is c1ccc2c(c1)oc1ccc(-c3ccc4c(c3)COCc3ccc(-n5c6ccccc6c6ccccc65)cc3-4)cc12. The van der Waals surface area contributed by atoms with Crippen LogP contribution in [0.1, 0.15) is 11.1 Å². The summed E-state index contributed by atoms with van der Waals surface area (Å²) in [5.41, 5.74) is 12.7. The summed E-state index contributed by atoms with van der Waals surface area (Å²) in [6, 6.07) is 45.6. The molecular weight excluding hydrogens is 502 g/mol. The highest BCUT2D eigenvalue weighted by Gasteiger charge is 2.19. The number of nitrogens with zero attached hydrogens (tertiary/aromatic N) is 1. The molecule has 0 unspecified atom stereocenters. The second-order valence-electron chi connectivity index (χ2n) is 10.9. The topological polar surface area (TPSA) is 27.3 Å². The smallest absolute Gasteiger partial charge is 0.135 e. The first kappa shape index (κ1) is 22.7. The van der Waals surface area contributed by atoms with Gasteiger partial charge in [-0.3, -0.25) is 0 Å². The summed E-state index contributed by atoms with van der Waals surface area (Å²) in [7, 11) is 0. The second-order valence-corrected chi connectivity index (χ2v) is 10.9. The Morgan fingerprint density at radius 1 is 0.463 bits per heavy atom. The van der Waals surface area contributed by atoms with Gasteiger partial charge in [0, 0.05) is 27.2 Å². The summed E-state index contributed by atoms with van der Waals surface area (Å²) in [6.07, 6.45) is 0. The van der Waals surface area contributed by atoms with Crippen LogP contribution in [0.3, 0.4) is 0 Å². The average molecular weight is 528 g/mol. The van der Waals surface area contributed by atoms with Crippen molar-refractivity contribution in [1.29, 1.82) is 0 Å². The molecule has 1 aliphatic rings. The zero-order valence-electron chi connectivity index (χ0n) is 22.3. The molecule has 3 heteroatoms. The lowest BCUT2D eigenvalue weighted by Gasteiger charge is -2.14. The van der Waals surface area contributed by atoms with Crippen LogP contribution < -0.4 is 0 Å². The van der Waals surface area contributed by atoms with E-state index in [-0.39, 0.29) is 0 Å². The van der Waals surface area contributed by atoms with Crippen LogP contribution in [0.15, 0.2) is 132 Å². The number of rotatable bonds is 2. The van der Waals surface area contributed by atoms with Gasteiger partial charge in [0.15, 0.2) is 0 Å². The molecule has 0 aliphatic carbocycles. The van der Waals surface area contributed by atoms with E-state index in [1.165, 1.54) is 55.2 Å². The van der Waals surface area contributed by atoms with E-state index >= 15 is 0 Å². The van der Waals surface area contributed by atoms with E-state index in [9.17, 15) is 0 Å². The number of furan rings is 1. The Balaban J connectivity index is 1.19. The highest BCUT2D eigenvalue weighted by molar-refractivity contribution is 6.09. The molecule has 2 aromatic heterocycles. The average Bonchev–Trinajstić information content (AvgIpc) is 3.50. The molecule has 6 aromatic carbocycles. The maximum Gasteiger partial charge on any atom is 0.135 e. The van der Waals surface area contributed by atoms with Crippen LogP contribution in [0.4, 0.5) is 0 Å². The fourth-order valence-corrected chi connectivity index (χ4v) is 6.61. The minimum Gasteiger partial charge on any atom is -0.456 e. The maximum absolute atomic E-state index is 6.20. The number of benzene rings is 6. The van der Waals surface area contributed by atoms with Crippen molar-refractivity contribution in [3.05, 3.63) is 139 Å². The van der Waals surface area contributed by atoms with Crippen molar-refractivity contribution in [3.8, 4) is 27.9 Å². The van der Waals surface area contributed by atoms with Crippen LogP contribution in [0.2, 0.25) is 0 Å². The first-order valence-electron chi connectivity index (χ1n) is 14.1. The molecule has 0 saturated carbocycles. The zero-order chi connectivity index (χ0) is 26.9. The van der Waals surface area contributed by atoms with Crippen molar-refractivity contribution in [1.82, 2.24) is 4.57 Å². The van der Waals surface area contributed by atoms with E-state index in [4.69, 9.17) is 9.15 Å². The van der Waals surface area contributed by atoms with Crippen molar-refractivity contribution >= 4 is 43.7 Å². The Morgan fingerprint density at radius 2 is 1.12 bits per heavy atom. The standard InChI is InChI=1S/C38H25NO2/c1-4-10-35-30(7-1)31-8-2-5-11-36(31)39(35)28-16-13-26-22-40-23-27-19-24(14-17-29(27)33(26)21-28)25-15-18-38-34(20-25)32-9-3-6-12-37(32)41-38/h1-21H,22-23H2. The predicted molar refractivity (Wildman–Crippen MR) is 167 cm³/mol. The lowest BCUT2D eigenvalue weighted by molar-refractivity contribution is 0.110. The third-order valence-electron chi connectivity index (χ3n) is 8.55. The molecule has 8 aromatic rings. The Labute approximate surface area is 236 Å². The number of hydrogen-bond donors (Lipinski definition) is 0. The third-order valence-corrected chi connectivity index (χ3v) is 8.55. The molecule has 9 rings (SSSR count). The van der Waals surface area contributed by atoms with Crippen LogP contribution in [-0.4, -0.2) is 4.57 Å². The van der Waals surface area contributed by atoms with Gasteiger partial charge in [0.1, 0.15) is 11.2 Å². The van der Waals surface area contributed by atoms with E-state index in [0.717, 1.165) is 27.6 Å². The molecule has 1 aliphatic heterocycles. The molecule has 0 amide bonds. The van der Waals surface area contributed by atoms with E-state index in [0.29, 0.717) is 13.2 Å². The number of hydrogen-bond acceptors (Lipinski definition) is 2. The summed E-state index contributed by atoms with van der Waals surface area (Å²) >= 11 is 0. The van der Waals surface area contributed by atoms with Gasteiger partial charge in [-0.2, -0.15) is 0 Å². The lowest BCUT2D eigenvalue weighted by atomic mass is 9.92. The fourth-order valence-electron chi connectivity index (χ4n) is 6.61. The molecule has 0 atom stereocenters. The summed E-state index contributed by atoms with van der Waals surface area (Å²) in [5, 5.41) is 4.84. The summed E-state index contributed by atoms with van der Waals surface area (Å²) in [5.74, 6) is 0. The van der Waals surface area contributed by atoms with Crippen molar-refractivity contribution in [2.75, 3.05) is 0 Å². The van der Waals surface area contributed by atoms with Crippen LogP contribution in [0.25, 0.3) is 71.7 Å². The van der Waals surface area contributed by atoms with Crippen molar-refractivity contribution in [2.24, 2.45) is 0 Å². The molecule has 0 bridgehead atoms. The zero-order valence-corrected chi connectivity index (χ0v) is 22.3. The van der Waals surface area contributed by atoms with Gasteiger partial charge < -0.3 is 13.7 Å². The molecular formula is C38H25NO2. The van der Waals surface area contributed by atoms with Gasteiger partial charge in [-0.15, -0.1) is 0 Å². The monoisotopic (exact) mass is 527 g/mol. The Bertz CT molecular complexity index is 2250. The summed E-state index contributed by atoms with van der Waals surface area (Å²) in [4.78, 5) is 0. The molecule has 0 saturated heterocycles. The second kappa shape index (κ2) is 8.69. The van der Waals surface area contributed by atoms with E-state index in [1.54, 1.807) is 0 Å². The molecule has 0 fully saturated rings. The molecule has 0 N–H and O–H groups in total. The van der Waals surface area contributed by atoms with Crippen LogP contribution >= 0.6 is 0 Å². The summed E-state index contributed by atoms with van der Waals surface area (Å²) < 4.78 is 14.6. The Hall–Kier alpha value is -5.12. The van der Waals surface area contributed by atoms with Gasteiger partial charge in [-0.05, 0) is 81.9 Å². The minimum atomic E-state index is 0.583. The quantitative estimate of drug-likeness (QED) is 0.224. The minimum absolute atomic E-state index is 0.583. The van der Waals surface area contributed by atoms with Crippen LogP contribution in [0, 0.1) is 0 Å². The predicted octanol–water partition coefficient (Wildman–Crippen LogP) is 10.0. The van der Waals surface area contributed by atoms with Crippen molar-refractivity contribution < 1.29 is 9.15 Å². The molecule has 3 nitrogen and oxygen atoms in total. The maximum atomic E-state index is 6.20. The first-order chi connectivity index (χ1) is 20.3. The largest absolute Gasteiger partial charge is 0.456 e. The van der Waals surface area contributed by atoms with Gasteiger partial charge in [0.2, 0.25) is 0 Å². The third kappa shape index (κ3) is 3.43. The highest BCUT2D eigenvalue weighted by atomic mass is 16.5. The van der Waals surface area contributed by atoms with Crippen LogP contribution in [-0.2, 0) is 18.0 Å². The normalized spacial score (nSPS) is 13.1. The van der Waals surface area contributed by atoms with Crippen molar-refractivity contribution in [3.63, 3.8) is 0 Å². The van der Waals surface area contributed by atoms with E-state index in [1.807, 2.05) is 12.1 Å². The number of aromatic nitrogens is 1. The van der Waals surface area contributed by atoms with Gasteiger partial charge in [0.05, 0.1) is 24.2 Å². The molecule has 194 valence electrons. The van der Waals surface area contributed by atoms with Gasteiger partial charge in [0.25, 0.3) is 0 Å². The highest BCUT2D eigenvalue weighted by Crippen LogP contribution is 2.39.